The van der Waals surface area contributed by atoms with E-state index in [-0.39, 0.29) is 0 Å². The zero-order valence-corrected chi connectivity index (χ0v) is 15.3. The molecule has 4 nitrogen and oxygen atoms in total. The minimum Gasteiger partial charge on any atom is -0.309 e. The average molecular weight is 346 g/mol. The highest BCUT2D eigenvalue weighted by molar-refractivity contribution is 5.40. The number of nitrogens with one attached hydrogen (secondary N) is 1. The molecule has 1 aliphatic rings. The van der Waals surface area contributed by atoms with Gasteiger partial charge in [-0.15, -0.1) is 0 Å². The van der Waals surface area contributed by atoms with Gasteiger partial charge in [0.2, 0.25) is 0 Å². The summed E-state index contributed by atoms with van der Waals surface area (Å²) in [5.41, 5.74) is 3.83. The lowest BCUT2D eigenvalue weighted by atomic mass is 10.1. The molecule has 1 fully saturated rings. The lowest BCUT2D eigenvalue weighted by Gasteiger charge is -2.25. The van der Waals surface area contributed by atoms with E-state index in [2.05, 4.69) is 76.8 Å². The molecule has 2 heterocycles. The maximum absolute atomic E-state index is 4.38. The van der Waals surface area contributed by atoms with Crippen LogP contribution in [0.3, 0.4) is 0 Å². The van der Waals surface area contributed by atoms with Gasteiger partial charge in [0, 0.05) is 44.1 Å². The summed E-state index contributed by atoms with van der Waals surface area (Å²) in [6, 6.07) is 22.2. The van der Waals surface area contributed by atoms with E-state index in [0.717, 1.165) is 25.3 Å². The lowest BCUT2D eigenvalue weighted by molar-refractivity contribution is 0.255. The van der Waals surface area contributed by atoms with Gasteiger partial charge in [0.1, 0.15) is 0 Å². The van der Waals surface area contributed by atoms with Crippen molar-refractivity contribution < 1.29 is 0 Å². The van der Waals surface area contributed by atoms with Crippen molar-refractivity contribution in [3.63, 3.8) is 0 Å². The van der Waals surface area contributed by atoms with Crippen molar-refractivity contribution in [2.45, 2.75) is 32.0 Å². The summed E-state index contributed by atoms with van der Waals surface area (Å²) in [6.07, 6.45) is 5.02. The maximum Gasteiger partial charge on any atom is 0.0690 e. The molecule has 26 heavy (non-hydrogen) atoms. The number of likely N-dealkylation sites (tertiary alicyclic amines) is 1. The number of rotatable bonds is 6. The van der Waals surface area contributed by atoms with Gasteiger partial charge in [0.25, 0.3) is 0 Å². The van der Waals surface area contributed by atoms with E-state index in [9.17, 15) is 0 Å². The number of nitrogens with zero attached hydrogens (tertiary/aromatic N) is 3. The molecule has 0 amide bonds. The highest BCUT2D eigenvalue weighted by atomic mass is 15.3. The van der Waals surface area contributed by atoms with Crippen LogP contribution in [-0.4, -0.2) is 33.8 Å². The molecule has 2 unspecified atom stereocenters. The Labute approximate surface area is 155 Å². The molecule has 1 N–H and O–H groups in total. The topological polar surface area (TPSA) is 33.1 Å². The maximum atomic E-state index is 4.38. The van der Waals surface area contributed by atoms with Gasteiger partial charge < -0.3 is 5.32 Å². The van der Waals surface area contributed by atoms with E-state index in [1.165, 1.54) is 17.5 Å². The lowest BCUT2D eigenvalue weighted by Crippen LogP contribution is -2.33. The Hall–Kier alpha value is -2.43. The second-order valence-corrected chi connectivity index (χ2v) is 7.03. The molecule has 2 atom stereocenters. The number of benzene rings is 2. The summed E-state index contributed by atoms with van der Waals surface area (Å²) in [5.74, 6) is 0. The zero-order chi connectivity index (χ0) is 17.8. The van der Waals surface area contributed by atoms with Crippen molar-refractivity contribution in [3.8, 4) is 5.69 Å². The van der Waals surface area contributed by atoms with Crippen molar-refractivity contribution in [2.24, 2.45) is 0 Å². The van der Waals surface area contributed by atoms with Crippen LogP contribution in [0.2, 0.25) is 0 Å². The first-order valence-electron chi connectivity index (χ1n) is 9.41. The van der Waals surface area contributed by atoms with Gasteiger partial charge in [-0.3, -0.25) is 4.90 Å². The Bertz CT molecular complexity index is 813. The first kappa shape index (κ1) is 17.0. The van der Waals surface area contributed by atoms with Crippen LogP contribution in [0.15, 0.2) is 73.1 Å². The number of aromatic nitrogens is 2. The molecular weight excluding hydrogens is 320 g/mol. The standard InChI is InChI=1S/C22H26N4/c1-18(19-8-3-2-4-9-19)25-15-12-21(17-25)23-16-20-10-5-6-11-22(20)26-14-7-13-24-26/h2-11,13-14,18,21,23H,12,15-17H2,1H3. The second-order valence-electron chi connectivity index (χ2n) is 7.03. The van der Waals surface area contributed by atoms with Gasteiger partial charge in [-0.05, 0) is 36.6 Å². The molecule has 4 rings (SSSR count). The zero-order valence-electron chi connectivity index (χ0n) is 15.3. The number of hydrogen-bond donors (Lipinski definition) is 1. The summed E-state index contributed by atoms with van der Waals surface area (Å²) in [7, 11) is 0. The summed E-state index contributed by atoms with van der Waals surface area (Å²) in [5, 5.41) is 8.13. The molecule has 4 heteroatoms. The van der Waals surface area contributed by atoms with E-state index < -0.39 is 0 Å². The highest BCUT2D eigenvalue weighted by Crippen LogP contribution is 2.24. The smallest absolute Gasteiger partial charge is 0.0690 e. The number of hydrogen-bond acceptors (Lipinski definition) is 3. The molecule has 1 aromatic heterocycles. The Morgan fingerprint density at radius 3 is 2.69 bits per heavy atom. The Morgan fingerprint density at radius 1 is 1.08 bits per heavy atom. The predicted molar refractivity (Wildman–Crippen MR) is 105 cm³/mol. The molecule has 2 aromatic carbocycles. The summed E-state index contributed by atoms with van der Waals surface area (Å²) < 4.78 is 1.94. The predicted octanol–water partition coefficient (Wildman–Crippen LogP) is 3.80. The fraction of sp³-hybridized carbons (Fsp3) is 0.318. The minimum atomic E-state index is 0.472. The molecule has 0 aliphatic carbocycles. The average Bonchev–Trinajstić information content (AvgIpc) is 3.39. The van der Waals surface area contributed by atoms with Crippen molar-refractivity contribution in [1.29, 1.82) is 0 Å². The van der Waals surface area contributed by atoms with Gasteiger partial charge in [-0.1, -0.05) is 48.5 Å². The van der Waals surface area contributed by atoms with Crippen molar-refractivity contribution in [1.82, 2.24) is 20.0 Å². The van der Waals surface area contributed by atoms with E-state index in [4.69, 9.17) is 0 Å². The number of para-hydroxylation sites is 1. The second kappa shape index (κ2) is 7.85. The molecule has 3 aromatic rings. The van der Waals surface area contributed by atoms with Crippen LogP contribution in [0.1, 0.15) is 30.5 Å². The minimum absolute atomic E-state index is 0.472. The van der Waals surface area contributed by atoms with Crippen molar-refractivity contribution in [3.05, 3.63) is 84.2 Å². The van der Waals surface area contributed by atoms with Gasteiger partial charge in [-0.2, -0.15) is 5.10 Å². The third-order valence-electron chi connectivity index (χ3n) is 5.37. The van der Waals surface area contributed by atoms with Crippen LogP contribution >= 0.6 is 0 Å². The van der Waals surface area contributed by atoms with Gasteiger partial charge >= 0.3 is 0 Å². The fourth-order valence-electron chi connectivity index (χ4n) is 3.80. The third kappa shape index (κ3) is 3.71. The monoisotopic (exact) mass is 346 g/mol. The third-order valence-corrected chi connectivity index (χ3v) is 5.37. The van der Waals surface area contributed by atoms with Crippen LogP contribution in [0, 0.1) is 0 Å². The molecular formula is C22H26N4. The Morgan fingerprint density at radius 2 is 1.88 bits per heavy atom. The molecule has 0 spiro atoms. The van der Waals surface area contributed by atoms with Crippen LogP contribution in [0.4, 0.5) is 0 Å². The van der Waals surface area contributed by atoms with Crippen LogP contribution in [-0.2, 0) is 6.54 Å². The van der Waals surface area contributed by atoms with Gasteiger partial charge in [0.15, 0.2) is 0 Å². The molecule has 1 aliphatic heterocycles. The summed E-state index contributed by atoms with van der Waals surface area (Å²) in [6.45, 7) is 5.42. The van der Waals surface area contributed by atoms with Crippen LogP contribution < -0.4 is 5.32 Å². The molecule has 0 saturated carbocycles. The van der Waals surface area contributed by atoms with Crippen LogP contribution in [0.5, 0.6) is 0 Å². The quantitative estimate of drug-likeness (QED) is 0.737. The molecule has 0 bridgehead atoms. The van der Waals surface area contributed by atoms with Gasteiger partial charge in [-0.25, -0.2) is 4.68 Å². The Balaban J connectivity index is 1.37. The van der Waals surface area contributed by atoms with Gasteiger partial charge in [0.05, 0.1) is 5.69 Å². The summed E-state index contributed by atoms with van der Waals surface area (Å²) >= 11 is 0. The Kier molecular flexibility index (Phi) is 5.14. The van der Waals surface area contributed by atoms with Crippen LogP contribution in [0.25, 0.3) is 5.69 Å². The van der Waals surface area contributed by atoms with E-state index >= 15 is 0 Å². The van der Waals surface area contributed by atoms with Crippen molar-refractivity contribution in [2.75, 3.05) is 13.1 Å². The first-order valence-corrected chi connectivity index (χ1v) is 9.41. The molecule has 1 saturated heterocycles. The highest BCUT2D eigenvalue weighted by Gasteiger charge is 2.26. The normalized spacial score (nSPS) is 18.9. The van der Waals surface area contributed by atoms with E-state index in [1.54, 1.807) is 0 Å². The van der Waals surface area contributed by atoms with Crippen molar-refractivity contribution >= 4 is 0 Å². The first-order chi connectivity index (χ1) is 12.8. The fourth-order valence-corrected chi connectivity index (χ4v) is 3.80. The SMILES string of the molecule is CC(c1ccccc1)N1CCC(NCc2ccccc2-n2cccn2)C1. The van der Waals surface area contributed by atoms with E-state index in [1.807, 2.05) is 23.1 Å². The molecule has 0 radical (unpaired) electrons. The summed E-state index contributed by atoms with van der Waals surface area (Å²) in [4.78, 5) is 2.58. The molecule has 134 valence electrons. The largest absolute Gasteiger partial charge is 0.309 e. The van der Waals surface area contributed by atoms with E-state index in [0.29, 0.717) is 12.1 Å².